The SMILES string of the molecule is Fc1ccc(-c2cc(C(F)(F)F)cc(Cl)n2)c(F)c1C(F)(F)F. The van der Waals surface area contributed by atoms with Crippen LogP contribution in [0, 0.1) is 11.6 Å². The minimum atomic E-state index is -5.37. The van der Waals surface area contributed by atoms with Crippen molar-refractivity contribution in [2.45, 2.75) is 12.4 Å². The molecule has 0 amide bonds. The third-order valence-corrected chi connectivity index (χ3v) is 2.97. The van der Waals surface area contributed by atoms with Crippen molar-refractivity contribution in [1.29, 1.82) is 0 Å². The van der Waals surface area contributed by atoms with Gasteiger partial charge in [-0.3, -0.25) is 0 Å². The summed E-state index contributed by atoms with van der Waals surface area (Å²) in [6, 6.07) is 1.59. The third-order valence-electron chi connectivity index (χ3n) is 2.77. The summed E-state index contributed by atoms with van der Waals surface area (Å²) in [7, 11) is 0. The van der Waals surface area contributed by atoms with Crippen LogP contribution in [0.15, 0.2) is 24.3 Å². The highest BCUT2D eigenvalue weighted by Crippen LogP contribution is 2.38. The highest BCUT2D eigenvalue weighted by Gasteiger charge is 2.39. The van der Waals surface area contributed by atoms with Crippen LogP contribution in [0.1, 0.15) is 11.1 Å². The van der Waals surface area contributed by atoms with E-state index in [9.17, 15) is 35.1 Å². The van der Waals surface area contributed by atoms with Gasteiger partial charge in [-0.15, -0.1) is 0 Å². The summed E-state index contributed by atoms with van der Waals surface area (Å²) in [5.74, 6) is -3.96. The molecule has 0 radical (unpaired) electrons. The molecule has 10 heteroatoms. The molecule has 23 heavy (non-hydrogen) atoms. The molecule has 0 unspecified atom stereocenters. The van der Waals surface area contributed by atoms with Gasteiger partial charge in [-0.05, 0) is 24.3 Å². The minimum Gasteiger partial charge on any atom is -0.236 e. The molecular weight excluding hydrogens is 358 g/mol. The molecule has 2 rings (SSSR count). The average molecular weight is 362 g/mol. The highest BCUT2D eigenvalue weighted by atomic mass is 35.5. The van der Waals surface area contributed by atoms with E-state index in [1.54, 1.807) is 0 Å². The molecule has 0 aliphatic heterocycles. The maximum Gasteiger partial charge on any atom is 0.422 e. The Kier molecular flexibility index (Phi) is 4.27. The quantitative estimate of drug-likeness (QED) is 0.468. The molecule has 0 aliphatic carbocycles. The lowest BCUT2D eigenvalue weighted by molar-refractivity contribution is -0.142. The Hall–Kier alpha value is -1.90. The fourth-order valence-corrected chi connectivity index (χ4v) is 2.02. The molecule has 1 heterocycles. The molecule has 1 nitrogen and oxygen atoms in total. The van der Waals surface area contributed by atoms with Crippen molar-refractivity contribution < 1.29 is 35.1 Å². The van der Waals surface area contributed by atoms with Gasteiger partial charge in [-0.1, -0.05) is 11.6 Å². The van der Waals surface area contributed by atoms with Gasteiger partial charge in [0.05, 0.1) is 11.3 Å². The lowest BCUT2D eigenvalue weighted by atomic mass is 10.0. The first-order valence-corrected chi connectivity index (χ1v) is 6.09. The fraction of sp³-hybridized carbons (Fsp3) is 0.154. The van der Waals surface area contributed by atoms with Crippen molar-refractivity contribution >= 4 is 11.6 Å². The van der Waals surface area contributed by atoms with Crippen LogP contribution in [-0.2, 0) is 12.4 Å². The van der Waals surface area contributed by atoms with Gasteiger partial charge in [0, 0.05) is 5.56 Å². The van der Waals surface area contributed by atoms with Crippen molar-refractivity contribution in [1.82, 2.24) is 4.98 Å². The lowest BCUT2D eigenvalue weighted by Gasteiger charge is -2.13. The van der Waals surface area contributed by atoms with Crippen LogP contribution in [0.25, 0.3) is 11.3 Å². The number of aromatic nitrogens is 1. The first-order chi connectivity index (χ1) is 10.4. The van der Waals surface area contributed by atoms with Crippen LogP contribution >= 0.6 is 11.6 Å². The molecule has 1 aromatic heterocycles. The Balaban J connectivity index is 2.71. The Morgan fingerprint density at radius 1 is 0.870 bits per heavy atom. The summed E-state index contributed by atoms with van der Waals surface area (Å²) in [4.78, 5) is 3.37. The van der Waals surface area contributed by atoms with Crippen LogP contribution in [0.5, 0.6) is 0 Å². The van der Waals surface area contributed by atoms with E-state index in [1.165, 1.54) is 0 Å². The molecule has 0 saturated heterocycles. The summed E-state index contributed by atoms with van der Waals surface area (Å²) in [5, 5.41) is -0.702. The van der Waals surface area contributed by atoms with Gasteiger partial charge in [0.15, 0.2) is 0 Å². The summed E-state index contributed by atoms with van der Waals surface area (Å²) < 4.78 is 103. The van der Waals surface area contributed by atoms with Crippen LogP contribution < -0.4 is 0 Å². The molecule has 0 fully saturated rings. The zero-order valence-corrected chi connectivity index (χ0v) is 11.4. The molecule has 2 aromatic rings. The zero-order chi connectivity index (χ0) is 17.6. The van der Waals surface area contributed by atoms with Crippen LogP contribution in [0.3, 0.4) is 0 Å². The van der Waals surface area contributed by atoms with Crippen LogP contribution in [-0.4, -0.2) is 4.98 Å². The molecule has 124 valence electrons. The minimum absolute atomic E-state index is 0.289. The molecule has 1 aromatic carbocycles. The van der Waals surface area contributed by atoms with Crippen LogP contribution in [0.4, 0.5) is 35.1 Å². The van der Waals surface area contributed by atoms with Crippen molar-refractivity contribution in [3.8, 4) is 11.3 Å². The number of hydrogen-bond donors (Lipinski definition) is 0. The summed E-state index contributed by atoms with van der Waals surface area (Å²) >= 11 is 5.39. The van der Waals surface area contributed by atoms with E-state index in [0.29, 0.717) is 18.2 Å². The van der Waals surface area contributed by atoms with Gasteiger partial charge < -0.3 is 0 Å². The normalized spacial score (nSPS) is 12.6. The molecule has 0 N–H and O–H groups in total. The first kappa shape index (κ1) is 17.5. The van der Waals surface area contributed by atoms with E-state index in [0.717, 1.165) is 0 Å². The summed E-state index contributed by atoms with van der Waals surface area (Å²) in [5.41, 5.74) is -5.30. The topological polar surface area (TPSA) is 12.9 Å². The number of hydrogen-bond acceptors (Lipinski definition) is 1. The smallest absolute Gasteiger partial charge is 0.236 e. The van der Waals surface area contributed by atoms with Crippen molar-refractivity contribution in [2.24, 2.45) is 0 Å². The predicted molar refractivity (Wildman–Crippen MR) is 64.6 cm³/mol. The Bertz CT molecular complexity index is 751. The number of rotatable bonds is 1. The number of nitrogens with zero attached hydrogens (tertiary/aromatic N) is 1. The second-order valence-corrected chi connectivity index (χ2v) is 4.73. The Morgan fingerprint density at radius 3 is 2.00 bits per heavy atom. The van der Waals surface area contributed by atoms with Crippen molar-refractivity contribution in [3.63, 3.8) is 0 Å². The molecule has 0 aliphatic rings. The van der Waals surface area contributed by atoms with Gasteiger partial charge in [-0.25, -0.2) is 13.8 Å². The highest BCUT2D eigenvalue weighted by molar-refractivity contribution is 6.29. The summed E-state index contributed by atoms with van der Waals surface area (Å²) in [6.45, 7) is 0. The van der Waals surface area contributed by atoms with Crippen molar-refractivity contribution in [3.05, 3.63) is 52.2 Å². The fourth-order valence-electron chi connectivity index (χ4n) is 1.81. The van der Waals surface area contributed by atoms with Crippen LogP contribution in [0.2, 0.25) is 5.15 Å². The summed E-state index contributed by atoms with van der Waals surface area (Å²) in [6.07, 6.45) is -10.2. The van der Waals surface area contributed by atoms with E-state index in [1.807, 2.05) is 0 Å². The van der Waals surface area contributed by atoms with Gasteiger partial charge in [0.1, 0.15) is 22.4 Å². The number of pyridine rings is 1. The largest absolute Gasteiger partial charge is 0.422 e. The van der Waals surface area contributed by atoms with Gasteiger partial charge in [-0.2, -0.15) is 26.3 Å². The molecule has 0 spiro atoms. The van der Waals surface area contributed by atoms with E-state index in [2.05, 4.69) is 4.98 Å². The first-order valence-electron chi connectivity index (χ1n) is 5.71. The maximum absolute atomic E-state index is 14.0. The predicted octanol–water partition coefficient (Wildman–Crippen LogP) is 5.72. The van der Waals surface area contributed by atoms with E-state index in [-0.39, 0.29) is 6.07 Å². The monoisotopic (exact) mass is 361 g/mol. The second kappa shape index (κ2) is 5.63. The van der Waals surface area contributed by atoms with Gasteiger partial charge in [0.25, 0.3) is 0 Å². The van der Waals surface area contributed by atoms with E-state index in [4.69, 9.17) is 11.6 Å². The number of halogens is 9. The van der Waals surface area contributed by atoms with Crippen molar-refractivity contribution in [2.75, 3.05) is 0 Å². The number of alkyl halides is 6. The second-order valence-electron chi connectivity index (χ2n) is 4.34. The van der Waals surface area contributed by atoms with E-state index < -0.39 is 51.5 Å². The maximum atomic E-state index is 14.0. The average Bonchev–Trinajstić information content (AvgIpc) is 2.35. The Labute approximate surface area is 128 Å². The standard InChI is InChI=1S/C13H4ClF8N/c14-9-4-5(12(17,18)19)3-8(23-9)6-1-2-7(15)10(11(6)16)13(20,21)22/h1-4H. The number of benzene rings is 1. The zero-order valence-electron chi connectivity index (χ0n) is 10.7. The molecule has 0 atom stereocenters. The van der Waals surface area contributed by atoms with E-state index >= 15 is 0 Å². The third kappa shape index (κ3) is 3.54. The lowest BCUT2D eigenvalue weighted by Crippen LogP contribution is -2.12. The molecule has 0 saturated carbocycles. The molecule has 0 bridgehead atoms. The Morgan fingerprint density at radius 2 is 1.48 bits per heavy atom. The van der Waals surface area contributed by atoms with Gasteiger partial charge in [0.2, 0.25) is 0 Å². The molecular formula is C13H4ClF8N. The van der Waals surface area contributed by atoms with Gasteiger partial charge >= 0.3 is 12.4 Å².